The summed E-state index contributed by atoms with van der Waals surface area (Å²) in [6, 6.07) is 6.74. The van der Waals surface area contributed by atoms with Gasteiger partial charge in [-0.15, -0.1) is 0 Å². The third-order valence-electron chi connectivity index (χ3n) is 4.16. The lowest BCUT2D eigenvalue weighted by molar-refractivity contribution is 0.525. The van der Waals surface area contributed by atoms with Gasteiger partial charge in [0.15, 0.2) is 0 Å². The minimum absolute atomic E-state index is 0.431. The largest absolute Gasteiger partial charge is 0.317 e. The molecule has 17 heavy (non-hydrogen) atoms. The van der Waals surface area contributed by atoms with Gasteiger partial charge in [0.1, 0.15) is 0 Å². The van der Waals surface area contributed by atoms with Crippen molar-refractivity contribution in [3.05, 3.63) is 33.8 Å². The molecule has 0 amide bonds. The van der Waals surface area contributed by atoms with E-state index in [1.54, 1.807) is 0 Å². The van der Waals surface area contributed by atoms with Crippen LogP contribution in [0.4, 0.5) is 0 Å². The third-order valence-corrected chi connectivity index (χ3v) is 4.84. The highest BCUT2D eigenvalue weighted by Gasteiger charge is 2.57. The Bertz CT molecular complexity index is 411. The number of hydrogen-bond acceptors (Lipinski definition) is 1. The zero-order valence-electron chi connectivity index (χ0n) is 11.2. The summed E-state index contributed by atoms with van der Waals surface area (Å²) >= 11 is 3.71. The van der Waals surface area contributed by atoms with E-state index in [9.17, 15) is 0 Å². The van der Waals surface area contributed by atoms with Crippen LogP contribution in [0.3, 0.4) is 0 Å². The molecule has 2 rings (SSSR count). The number of aryl methyl sites for hydroxylation is 1. The number of rotatable bonds is 4. The van der Waals surface area contributed by atoms with Crippen LogP contribution in [0.1, 0.15) is 37.8 Å². The highest BCUT2D eigenvalue weighted by atomic mass is 79.9. The van der Waals surface area contributed by atoms with E-state index in [0.717, 1.165) is 19.0 Å². The summed E-state index contributed by atoms with van der Waals surface area (Å²) in [7, 11) is 0. The Kier molecular flexibility index (Phi) is 3.65. The Morgan fingerprint density at radius 2 is 2.06 bits per heavy atom. The van der Waals surface area contributed by atoms with Crippen LogP contribution in [0.5, 0.6) is 0 Å². The molecule has 0 saturated heterocycles. The van der Waals surface area contributed by atoms with Crippen molar-refractivity contribution in [3.63, 3.8) is 0 Å². The first-order valence-electron chi connectivity index (χ1n) is 6.45. The lowest BCUT2D eigenvalue weighted by Crippen LogP contribution is -2.17. The maximum Gasteiger partial charge on any atom is 0.0213 e. The van der Waals surface area contributed by atoms with Gasteiger partial charge in [-0.3, -0.25) is 0 Å². The van der Waals surface area contributed by atoms with Gasteiger partial charge < -0.3 is 5.32 Å². The normalized spacial score (nSPS) is 25.9. The number of nitrogens with one attached hydrogen (secondary N) is 1. The standard InChI is InChI=1S/C15H22BrN/c1-5-17-9-12-14(15(12,3)4)11-7-6-10(2)8-13(11)16/h6-8,12,14,17H,5,9H2,1-4H3. The van der Waals surface area contributed by atoms with Gasteiger partial charge in [0.25, 0.3) is 0 Å². The van der Waals surface area contributed by atoms with Crippen molar-refractivity contribution in [1.82, 2.24) is 5.32 Å². The molecule has 0 bridgehead atoms. The summed E-state index contributed by atoms with van der Waals surface area (Å²) in [6.07, 6.45) is 0. The predicted octanol–water partition coefficient (Wildman–Crippen LogP) is 4.11. The minimum atomic E-state index is 0.431. The number of hydrogen-bond donors (Lipinski definition) is 1. The first-order chi connectivity index (χ1) is 7.98. The fourth-order valence-corrected chi connectivity index (χ4v) is 3.67. The van der Waals surface area contributed by atoms with Crippen LogP contribution in [0, 0.1) is 18.3 Å². The van der Waals surface area contributed by atoms with Crippen molar-refractivity contribution in [3.8, 4) is 0 Å². The second-order valence-electron chi connectivity index (χ2n) is 5.74. The van der Waals surface area contributed by atoms with E-state index in [2.05, 4.69) is 67.1 Å². The van der Waals surface area contributed by atoms with Crippen LogP contribution in [-0.4, -0.2) is 13.1 Å². The topological polar surface area (TPSA) is 12.0 Å². The Hall–Kier alpha value is -0.340. The second kappa shape index (κ2) is 4.74. The molecule has 0 radical (unpaired) electrons. The zero-order valence-corrected chi connectivity index (χ0v) is 12.8. The molecule has 1 saturated carbocycles. The van der Waals surface area contributed by atoms with Crippen LogP contribution >= 0.6 is 15.9 Å². The molecule has 0 aliphatic heterocycles. The molecule has 1 aliphatic rings. The van der Waals surface area contributed by atoms with Gasteiger partial charge in [-0.05, 0) is 54.5 Å². The molecule has 0 aromatic heterocycles. The van der Waals surface area contributed by atoms with E-state index in [1.165, 1.54) is 15.6 Å². The molecule has 1 nitrogen and oxygen atoms in total. The first-order valence-corrected chi connectivity index (χ1v) is 7.24. The Morgan fingerprint density at radius 1 is 1.35 bits per heavy atom. The molecule has 1 aliphatic carbocycles. The Morgan fingerprint density at radius 3 is 2.65 bits per heavy atom. The predicted molar refractivity (Wildman–Crippen MR) is 77.4 cm³/mol. The summed E-state index contributed by atoms with van der Waals surface area (Å²) in [4.78, 5) is 0. The van der Waals surface area contributed by atoms with Gasteiger partial charge in [-0.1, -0.05) is 48.8 Å². The molecule has 0 spiro atoms. The van der Waals surface area contributed by atoms with Gasteiger partial charge in [0.2, 0.25) is 0 Å². The van der Waals surface area contributed by atoms with Crippen LogP contribution in [0.15, 0.2) is 22.7 Å². The van der Waals surface area contributed by atoms with Gasteiger partial charge in [-0.2, -0.15) is 0 Å². The highest BCUT2D eigenvalue weighted by Crippen LogP contribution is 2.65. The van der Waals surface area contributed by atoms with E-state index >= 15 is 0 Å². The molecule has 94 valence electrons. The molecule has 1 aromatic rings. The smallest absolute Gasteiger partial charge is 0.0213 e. The average molecular weight is 296 g/mol. The summed E-state index contributed by atoms with van der Waals surface area (Å²) in [6.45, 7) is 11.3. The molecule has 1 N–H and O–H groups in total. The van der Waals surface area contributed by atoms with Gasteiger partial charge in [0, 0.05) is 4.47 Å². The van der Waals surface area contributed by atoms with Crippen LogP contribution in [0.2, 0.25) is 0 Å². The lowest BCUT2D eigenvalue weighted by atomic mass is 10.0. The Balaban J connectivity index is 2.18. The van der Waals surface area contributed by atoms with E-state index in [1.807, 2.05) is 0 Å². The maximum absolute atomic E-state index is 3.71. The summed E-state index contributed by atoms with van der Waals surface area (Å²) < 4.78 is 1.27. The molecule has 2 atom stereocenters. The van der Waals surface area contributed by atoms with Crippen molar-refractivity contribution in [2.75, 3.05) is 13.1 Å². The van der Waals surface area contributed by atoms with Crippen molar-refractivity contribution < 1.29 is 0 Å². The summed E-state index contributed by atoms with van der Waals surface area (Å²) in [5.74, 6) is 1.46. The SMILES string of the molecule is CCNCC1C(c2ccc(C)cc2Br)C1(C)C. The average Bonchev–Trinajstić information content (AvgIpc) is 2.78. The lowest BCUT2D eigenvalue weighted by Gasteiger charge is -2.06. The van der Waals surface area contributed by atoms with E-state index < -0.39 is 0 Å². The molecule has 2 unspecified atom stereocenters. The van der Waals surface area contributed by atoms with Crippen LogP contribution < -0.4 is 5.32 Å². The molecule has 0 heterocycles. The fourth-order valence-electron chi connectivity index (χ4n) is 2.93. The molecule has 1 fully saturated rings. The van der Waals surface area contributed by atoms with E-state index in [0.29, 0.717) is 11.3 Å². The summed E-state index contributed by atoms with van der Waals surface area (Å²) in [5.41, 5.74) is 3.23. The van der Waals surface area contributed by atoms with Gasteiger partial charge >= 0.3 is 0 Å². The molecular weight excluding hydrogens is 274 g/mol. The fraction of sp³-hybridized carbons (Fsp3) is 0.600. The zero-order chi connectivity index (χ0) is 12.6. The number of benzene rings is 1. The van der Waals surface area contributed by atoms with Crippen molar-refractivity contribution in [2.24, 2.45) is 11.3 Å². The Labute approximate surface area is 113 Å². The van der Waals surface area contributed by atoms with Gasteiger partial charge in [0.05, 0.1) is 0 Å². The molecule has 1 aromatic carbocycles. The highest BCUT2D eigenvalue weighted by molar-refractivity contribution is 9.10. The van der Waals surface area contributed by atoms with Crippen molar-refractivity contribution in [2.45, 2.75) is 33.6 Å². The van der Waals surface area contributed by atoms with E-state index in [-0.39, 0.29) is 0 Å². The van der Waals surface area contributed by atoms with Crippen molar-refractivity contribution >= 4 is 15.9 Å². The summed E-state index contributed by atoms with van der Waals surface area (Å²) in [5, 5.41) is 3.48. The monoisotopic (exact) mass is 295 g/mol. The molecular formula is C15H22BrN. The minimum Gasteiger partial charge on any atom is -0.317 e. The van der Waals surface area contributed by atoms with Crippen molar-refractivity contribution in [1.29, 1.82) is 0 Å². The second-order valence-corrected chi connectivity index (χ2v) is 6.59. The van der Waals surface area contributed by atoms with Gasteiger partial charge in [-0.25, -0.2) is 0 Å². The maximum atomic E-state index is 3.71. The third kappa shape index (κ3) is 2.43. The van der Waals surface area contributed by atoms with E-state index in [4.69, 9.17) is 0 Å². The quantitative estimate of drug-likeness (QED) is 0.882. The van der Waals surface area contributed by atoms with Crippen LogP contribution in [-0.2, 0) is 0 Å². The number of halogens is 1. The molecule has 2 heteroatoms. The van der Waals surface area contributed by atoms with Crippen LogP contribution in [0.25, 0.3) is 0 Å². The first kappa shape index (κ1) is 13.1.